The van der Waals surface area contributed by atoms with E-state index in [1.54, 1.807) is 19.2 Å². The van der Waals surface area contributed by atoms with Gasteiger partial charge in [0.1, 0.15) is 6.61 Å². The van der Waals surface area contributed by atoms with Crippen molar-refractivity contribution in [1.29, 1.82) is 0 Å². The minimum atomic E-state index is -0.684. The SMILES string of the molecule is CCN(Cc1ccc(-c2ccc3oc(=O)n(C)c3c2)nc1)C[C@H](O)c1ccc2c(c1C)COC2=O. The number of carbonyl (C=O) groups is 1. The van der Waals surface area contributed by atoms with Crippen LogP contribution in [0, 0.1) is 6.92 Å². The van der Waals surface area contributed by atoms with Gasteiger partial charge in [-0.3, -0.25) is 14.5 Å². The first-order chi connectivity index (χ1) is 16.9. The molecule has 0 saturated heterocycles. The molecule has 3 heterocycles. The van der Waals surface area contributed by atoms with E-state index >= 15 is 0 Å². The zero-order valence-electron chi connectivity index (χ0n) is 19.9. The Kier molecular flexibility index (Phi) is 6.00. The second kappa shape index (κ2) is 9.13. The molecule has 1 N–H and O–H groups in total. The van der Waals surface area contributed by atoms with Crippen molar-refractivity contribution in [2.75, 3.05) is 13.1 Å². The van der Waals surface area contributed by atoms with Crippen LogP contribution in [0.2, 0.25) is 0 Å². The number of rotatable bonds is 7. The van der Waals surface area contributed by atoms with E-state index in [-0.39, 0.29) is 18.3 Å². The minimum absolute atomic E-state index is 0.264. The molecule has 8 heteroatoms. The normalized spacial score (nSPS) is 13.9. The number of ether oxygens (including phenoxy) is 1. The van der Waals surface area contributed by atoms with E-state index in [4.69, 9.17) is 9.15 Å². The van der Waals surface area contributed by atoms with Crippen molar-refractivity contribution >= 4 is 17.1 Å². The van der Waals surface area contributed by atoms with E-state index < -0.39 is 6.10 Å². The number of esters is 1. The van der Waals surface area contributed by atoms with Crippen LogP contribution in [0.15, 0.2) is 57.9 Å². The summed E-state index contributed by atoms with van der Waals surface area (Å²) >= 11 is 0. The summed E-state index contributed by atoms with van der Waals surface area (Å²) in [4.78, 5) is 30.3. The summed E-state index contributed by atoms with van der Waals surface area (Å²) in [5.41, 5.74) is 7.19. The minimum Gasteiger partial charge on any atom is -0.457 e. The third kappa shape index (κ3) is 4.26. The highest BCUT2D eigenvalue weighted by Crippen LogP contribution is 2.30. The average Bonchev–Trinajstić information content (AvgIpc) is 3.38. The molecule has 8 nitrogen and oxygen atoms in total. The first kappa shape index (κ1) is 23.0. The number of aliphatic hydroxyl groups excluding tert-OH is 1. The monoisotopic (exact) mass is 473 g/mol. The number of likely N-dealkylation sites (N-methyl/N-ethyl adjacent to an activating group) is 1. The number of carbonyl (C=O) groups excluding carboxylic acids is 1. The molecule has 1 atom stereocenters. The highest BCUT2D eigenvalue weighted by molar-refractivity contribution is 5.94. The number of aromatic nitrogens is 2. The number of nitrogens with zero attached hydrogens (tertiary/aromatic N) is 3. The number of benzene rings is 2. The van der Waals surface area contributed by atoms with E-state index in [1.165, 1.54) is 4.57 Å². The molecule has 0 aliphatic carbocycles. The smallest absolute Gasteiger partial charge is 0.419 e. The zero-order valence-corrected chi connectivity index (χ0v) is 19.9. The lowest BCUT2D eigenvalue weighted by Gasteiger charge is -2.25. The highest BCUT2D eigenvalue weighted by Gasteiger charge is 2.26. The number of hydrogen-bond acceptors (Lipinski definition) is 7. The van der Waals surface area contributed by atoms with E-state index in [2.05, 4.69) is 16.8 Å². The fourth-order valence-electron chi connectivity index (χ4n) is 4.61. The van der Waals surface area contributed by atoms with Crippen LogP contribution >= 0.6 is 0 Å². The summed E-state index contributed by atoms with van der Waals surface area (Å²) in [5.74, 6) is -0.691. The maximum atomic E-state index is 11.8. The second-order valence-electron chi connectivity index (χ2n) is 8.89. The Balaban J connectivity index is 1.29. The van der Waals surface area contributed by atoms with Gasteiger partial charge in [0.15, 0.2) is 5.58 Å². The molecule has 0 amide bonds. The molecule has 0 bridgehead atoms. The summed E-state index contributed by atoms with van der Waals surface area (Å²) in [6, 6.07) is 13.1. The Bertz CT molecular complexity index is 1470. The summed E-state index contributed by atoms with van der Waals surface area (Å²) < 4.78 is 11.8. The molecular formula is C27H27N3O5. The molecule has 1 aliphatic heterocycles. The Hall–Kier alpha value is -3.75. The molecule has 5 rings (SSSR count). The van der Waals surface area contributed by atoms with Gasteiger partial charge < -0.3 is 14.3 Å². The first-order valence-corrected chi connectivity index (χ1v) is 11.6. The Morgan fingerprint density at radius 1 is 1.17 bits per heavy atom. The quantitative estimate of drug-likeness (QED) is 0.409. The third-order valence-electron chi connectivity index (χ3n) is 6.76. The summed E-state index contributed by atoms with van der Waals surface area (Å²) in [7, 11) is 1.68. The van der Waals surface area contributed by atoms with Gasteiger partial charge in [0.05, 0.1) is 22.9 Å². The van der Waals surface area contributed by atoms with Crippen LogP contribution in [0.3, 0.4) is 0 Å². The van der Waals surface area contributed by atoms with Crippen LogP contribution < -0.4 is 5.76 Å². The van der Waals surface area contributed by atoms with Crippen LogP contribution in [0.5, 0.6) is 0 Å². The van der Waals surface area contributed by atoms with E-state index in [1.807, 2.05) is 43.5 Å². The molecule has 2 aromatic carbocycles. The van der Waals surface area contributed by atoms with Crippen LogP contribution in [-0.4, -0.2) is 38.6 Å². The second-order valence-corrected chi connectivity index (χ2v) is 8.89. The van der Waals surface area contributed by atoms with Crippen molar-refractivity contribution in [3.8, 4) is 11.3 Å². The van der Waals surface area contributed by atoms with E-state index in [0.717, 1.165) is 45.6 Å². The molecule has 180 valence electrons. The van der Waals surface area contributed by atoms with Crippen LogP contribution in [0.4, 0.5) is 0 Å². The molecule has 4 aromatic rings. The number of fused-ring (bicyclic) bond motifs is 2. The number of aliphatic hydroxyl groups is 1. The fraction of sp³-hybridized carbons (Fsp3) is 0.296. The molecule has 0 unspecified atom stereocenters. The van der Waals surface area contributed by atoms with Gasteiger partial charge in [-0.05, 0) is 60.5 Å². The Morgan fingerprint density at radius 2 is 2.00 bits per heavy atom. The van der Waals surface area contributed by atoms with Gasteiger partial charge in [-0.1, -0.05) is 19.1 Å². The predicted octanol–water partition coefficient (Wildman–Crippen LogP) is 3.73. The summed E-state index contributed by atoms with van der Waals surface area (Å²) in [6.07, 6.45) is 1.16. The summed E-state index contributed by atoms with van der Waals surface area (Å²) in [6.45, 7) is 6.10. The van der Waals surface area contributed by atoms with Crippen molar-refractivity contribution in [3.05, 3.63) is 87.0 Å². The van der Waals surface area contributed by atoms with Crippen molar-refractivity contribution in [3.63, 3.8) is 0 Å². The number of hydrogen-bond donors (Lipinski definition) is 1. The van der Waals surface area contributed by atoms with Crippen LogP contribution in [-0.2, 0) is 24.9 Å². The van der Waals surface area contributed by atoms with Gasteiger partial charge in [-0.2, -0.15) is 0 Å². The first-order valence-electron chi connectivity index (χ1n) is 11.6. The van der Waals surface area contributed by atoms with Gasteiger partial charge in [-0.25, -0.2) is 9.59 Å². The number of aryl methyl sites for hydroxylation is 1. The van der Waals surface area contributed by atoms with Crippen molar-refractivity contribution < 1.29 is 19.1 Å². The molecule has 0 radical (unpaired) electrons. The van der Waals surface area contributed by atoms with Crippen molar-refractivity contribution in [2.24, 2.45) is 7.05 Å². The van der Waals surface area contributed by atoms with Crippen molar-refractivity contribution in [1.82, 2.24) is 14.5 Å². The highest BCUT2D eigenvalue weighted by atomic mass is 16.5. The summed E-state index contributed by atoms with van der Waals surface area (Å²) in [5, 5.41) is 11.0. The zero-order chi connectivity index (χ0) is 24.7. The molecule has 1 aliphatic rings. The van der Waals surface area contributed by atoms with Gasteiger partial charge in [0.2, 0.25) is 0 Å². The Labute approximate surface area is 202 Å². The predicted molar refractivity (Wildman–Crippen MR) is 131 cm³/mol. The average molecular weight is 474 g/mol. The maximum Gasteiger partial charge on any atom is 0.419 e. The van der Waals surface area contributed by atoms with Crippen molar-refractivity contribution in [2.45, 2.75) is 33.1 Å². The number of oxazole rings is 1. The van der Waals surface area contributed by atoms with E-state index in [9.17, 15) is 14.7 Å². The fourth-order valence-corrected chi connectivity index (χ4v) is 4.61. The molecule has 0 saturated carbocycles. The van der Waals surface area contributed by atoms with Gasteiger partial charge >= 0.3 is 11.7 Å². The molecule has 2 aromatic heterocycles. The largest absolute Gasteiger partial charge is 0.457 e. The lowest BCUT2D eigenvalue weighted by Crippen LogP contribution is -2.28. The topological polar surface area (TPSA) is 97.8 Å². The third-order valence-corrected chi connectivity index (χ3v) is 6.76. The molecule has 0 fully saturated rings. The lowest BCUT2D eigenvalue weighted by molar-refractivity contribution is 0.0535. The van der Waals surface area contributed by atoms with Gasteiger partial charge in [0.25, 0.3) is 0 Å². The van der Waals surface area contributed by atoms with Crippen LogP contribution in [0.25, 0.3) is 22.4 Å². The van der Waals surface area contributed by atoms with Gasteiger partial charge in [0, 0.05) is 37.5 Å². The lowest BCUT2D eigenvalue weighted by atomic mass is 9.95. The molecular weight excluding hydrogens is 446 g/mol. The van der Waals surface area contributed by atoms with Gasteiger partial charge in [-0.15, -0.1) is 0 Å². The number of pyridine rings is 1. The maximum absolute atomic E-state index is 11.8. The van der Waals surface area contributed by atoms with Crippen LogP contribution in [0.1, 0.15) is 45.6 Å². The Morgan fingerprint density at radius 3 is 2.74 bits per heavy atom. The molecule has 0 spiro atoms. The van der Waals surface area contributed by atoms with E-state index in [0.29, 0.717) is 24.2 Å². The standard InChI is InChI=1S/C27H27N3O5/c1-4-30(14-24(31)19-7-8-20-21(16(19)2)15-34-26(20)32)13-17-5-9-22(28-12-17)18-6-10-25-23(11-18)29(3)27(33)35-25/h5-12,24,31H,4,13-15H2,1-3H3/t24-/m0/s1. The number of cyclic esters (lactones) is 1. The molecule has 35 heavy (non-hydrogen) atoms.